The third-order valence-electron chi connectivity index (χ3n) is 2.46. The van der Waals surface area contributed by atoms with Crippen molar-refractivity contribution in [1.82, 2.24) is 4.90 Å². The molecule has 1 aromatic carbocycles. The molecule has 0 N–H and O–H groups in total. The number of amides is 1. The zero-order valence-corrected chi connectivity index (χ0v) is 10.8. The zero-order valence-electron chi connectivity index (χ0n) is 8.44. The first kappa shape index (κ1) is 11.0. The maximum Gasteiger partial charge on any atom is 0.254 e. The van der Waals surface area contributed by atoms with Crippen LogP contribution in [0.2, 0.25) is 0 Å². The smallest absolute Gasteiger partial charge is 0.254 e. The van der Waals surface area contributed by atoms with Crippen LogP contribution in [0.3, 0.4) is 0 Å². The monoisotopic (exact) mass is 285 g/mol. The van der Waals surface area contributed by atoms with E-state index < -0.39 is 0 Å². The van der Waals surface area contributed by atoms with Crippen molar-refractivity contribution in [2.24, 2.45) is 0 Å². The standard InChI is InChI=1S/C11H12BrNOS/c1-8-13(5-6-15-8)11(14)9-3-2-4-10(12)7-9/h2-4,7-8H,5-6H2,1H3. The molecule has 0 bridgehead atoms. The Labute approximate surface area is 102 Å². The van der Waals surface area contributed by atoms with E-state index in [1.807, 2.05) is 40.9 Å². The molecule has 1 fully saturated rings. The van der Waals surface area contributed by atoms with Crippen molar-refractivity contribution in [2.45, 2.75) is 12.3 Å². The number of halogens is 1. The molecule has 15 heavy (non-hydrogen) atoms. The summed E-state index contributed by atoms with van der Waals surface area (Å²) in [6.45, 7) is 2.94. The normalized spacial score (nSPS) is 20.7. The summed E-state index contributed by atoms with van der Waals surface area (Å²) in [5, 5.41) is 0.302. The number of carbonyl (C=O) groups excluding carboxylic acids is 1. The van der Waals surface area contributed by atoms with Crippen LogP contribution in [0.4, 0.5) is 0 Å². The van der Waals surface area contributed by atoms with Gasteiger partial charge >= 0.3 is 0 Å². The van der Waals surface area contributed by atoms with Gasteiger partial charge in [0.25, 0.3) is 5.91 Å². The van der Waals surface area contributed by atoms with Gasteiger partial charge in [-0.2, -0.15) is 0 Å². The van der Waals surface area contributed by atoms with Crippen LogP contribution in [0.5, 0.6) is 0 Å². The SMILES string of the molecule is CC1SCCN1C(=O)c1cccc(Br)c1. The van der Waals surface area contributed by atoms with E-state index >= 15 is 0 Å². The second kappa shape index (κ2) is 4.58. The second-order valence-electron chi connectivity index (χ2n) is 3.48. The van der Waals surface area contributed by atoms with E-state index in [9.17, 15) is 4.79 Å². The molecule has 1 unspecified atom stereocenters. The summed E-state index contributed by atoms with van der Waals surface area (Å²) >= 11 is 5.20. The first-order valence-corrected chi connectivity index (χ1v) is 6.71. The summed E-state index contributed by atoms with van der Waals surface area (Å²) in [7, 11) is 0. The van der Waals surface area contributed by atoms with Gasteiger partial charge in [0, 0.05) is 22.3 Å². The Morgan fingerprint density at radius 3 is 3.00 bits per heavy atom. The van der Waals surface area contributed by atoms with Gasteiger partial charge in [0.2, 0.25) is 0 Å². The Bertz CT molecular complexity index is 383. The first-order valence-electron chi connectivity index (χ1n) is 4.86. The third kappa shape index (κ3) is 2.37. The minimum Gasteiger partial charge on any atom is -0.326 e. The quantitative estimate of drug-likeness (QED) is 0.791. The Hall–Kier alpha value is -0.480. The molecular weight excluding hydrogens is 274 g/mol. The van der Waals surface area contributed by atoms with Crippen LogP contribution < -0.4 is 0 Å². The fourth-order valence-electron chi connectivity index (χ4n) is 1.65. The number of carbonyl (C=O) groups is 1. The molecule has 1 aliphatic rings. The topological polar surface area (TPSA) is 20.3 Å². The molecule has 1 aliphatic heterocycles. The molecule has 0 saturated carbocycles. The molecule has 0 aliphatic carbocycles. The molecule has 0 aromatic heterocycles. The molecule has 2 rings (SSSR count). The van der Waals surface area contributed by atoms with Gasteiger partial charge in [-0.15, -0.1) is 11.8 Å². The van der Waals surface area contributed by atoms with Crippen molar-refractivity contribution in [1.29, 1.82) is 0 Å². The van der Waals surface area contributed by atoms with Crippen LogP contribution in [0.1, 0.15) is 17.3 Å². The van der Waals surface area contributed by atoms with E-state index in [0.717, 1.165) is 22.3 Å². The molecule has 0 radical (unpaired) electrons. The number of benzene rings is 1. The molecule has 0 spiro atoms. The Kier molecular flexibility index (Phi) is 3.36. The lowest BCUT2D eigenvalue weighted by Crippen LogP contribution is -2.33. The molecule has 1 amide bonds. The highest BCUT2D eigenvalue weighted by atomic mass is 79.9. The largest absolute Gasteiger partial charge is 0.326 e. The fraction of sp³-hybridized carbons (Fsp3) is 0.364. The van der Waals surface area contributed by atoms with Crippen molar-refractivity contribution in [3.05, 3.63) is 34.3 Å². The highest BCUT2D eigenvalue weighted by Gasteiger charge is 2.26. The van der Waals surface area contributed by atoms with E-state index in [0.29, 0.717) is 5.37 Å². The predicted molar refractivity (Wildman–Crippen MR) is 67.1 cm³/mol. The van der Waals surface area contributed by atoms with Crippen LogP contribution in [0.25, 0.3) is 0 Å². The Morgan fingerprint density at radius 1 is 1.60 bits per heavy atom. The molecular formula is C11H12BrNOS. The molecule has 1 saturated heterocycles. The molecule has 1 aromatic rings. The van der Waals surface area contributed by atoms with Crippen LogP contribution in [-0.4, -0.2) is 28.5 Å². The van der Waals surface area contributed by atoms with E-state index in [2.05, 4.69) is 22.9 Å². The second-order valence-corrected chi connectivity index (χ2v) is 5.82. The summed E-state index contributed by atoms with van der Waals surface area (Å²) in [5.74, 6) is 1.18. The van der Waals surface area contributed by atoms with Crippen LogP contribution in [0.15, 0.2) is 28.7 Å². The summed E-state index contributed by atoms with van der Waals surface area (Å²) < 4.78 is 0.952. The maximum absolute atomic E-state index is 12.1. The molecule has 2 nitrogen and oxygen atoms in total. The summed E-state index contributed by atoms with van der Waals surface area (Å²) in [5.41, 5.74) is 0.763. The molecule has 1 heterocycles. The fourth-order valence-corrected chi connectivity index (χ4v) is 3.07. The van der Waals surface area contributed by atoms with Crippen LogP contribution in [-0.2, 0) is 0 Å². The van der Waals surface area contributed by atoms with Crippen molar-refractivity contribution in [3.8, 4) is 0 Å². The number of nitrogens with zero attached hydrogens (tertiary/aromatic N) is 1. The highest BCUT2D eigenvalue weighted by molar-refractivity contribution is 9.10. The van der Waals surface area contributed by atoms with Gasteiger partial charge in [0.15, 0.2) is 0 Å². The van der Waals surface area contributed by atoms with Gasteiger partial charge in [-0.1, -0.05) is 22.0 Å². The van der Waals surface area contributed by atoms with Crippen LogP contribution >= 0.6 is 27.7 Å². The number of hydrogen-bond donors (Lipinski definition) is 0. The van der Waals surface area contributed by atoms with Gasteiger partial charge in [-0.05, 0) is 25.1 Å². The summed E-state index contributed by atoms with van der Waals surface area (Å²) in [6, 6.07) is 7.56. The van der Waals surface area contributed by atoms with Gasteiger partial charge < -0.3 is 4.90 Å². The maximum atomic E-state index is 12.1. The average Bonchev–Trinajstić information content (AvgIpc) is 2.63. The van der Waals surface area contributed by atoms with E-state index in [1.54, 1.807) is 0 Å². The van der Waals surface area contributed by atoms with Crippen molar-refractivity contribution >= 4 is 33.6 Å². The minimum absolute atomic E-state index is 0.133. The lowest BCUT2D eigenvalue weighted by Gasteiger charge is -2.20. The number of rotatable bonds is 1. The van der Waals surface area contributed by atoms with Crippen molar-refractivity contribution < 1.29 is 4.79 Å². The molecule has 4 heteroatoms. The predicted octanol–water partition coefficient (Wildman–Crippen LogP) is 2.98. The molecule has 1 atom stereocenters. The molecule has 80 valence electrons. The number of hydrogen-bond acceptors (Lipinski definition) is 2. The highest BCUT2D eigenvalue weighted by Crippen LogP contribution is 2.25. The first-order chi connectivity index (χ1) is 7.18. The summed E-state index contributed by atoms with van der Waals surface area (Å²) in [4.78, 5) is 14.0. The van der Waals surface area contributed by atoms with Gasteiger partial charge in [-0.3, -0.25) is 4.79 Å². The average molecular weight is 286 g/mol. The van der Waals surface area contributed by atoms with Crippen LogP contribution in [0, 0.1) is 0 Å². The van der Waals surface area contributed by atoms with Gasteiger partial charge in [-0.25, -0.2) is 0 Å². The number of thioether (sulfide) groups is 1. The van der Waals surface area contributed by atoms with Crippen molar-refractivity contribution in [3.63, 3.8) is 0 Å². The third-order valence-corrected chi connectivity index (χ3v) is 4.11. The zero-order chi connectivity index (χ0) is 10.8. The van der Waals surface area contributed by atoms with Gasteiger partial charge in [0.05, 0.1) is 5.37 Å². The van der Waals surface area contributed by atoms with E-state index in [4.69, 9.17) is 0 Å². The van der Waals surface area contributed by atoms with Gasteiger partial charge in [0.1, 0.15) is 0 Å². The Morgan fingerprint density at radius 2 is 2.40 bits per heavy atom. The van der Waals surface area contributed by atoms with E-state index in [-0.39, 0.29) is 5.91 Å². The minimum atomic E-state index is 0.133. The lowest BCUT2D eigenvalue weighted by molar-refractivity contribution is 0.0768. The van der Waals surface area contributed by atoms with E-state index in [1.165, 1.54) is 0 Å². The Balaban J connectivity index is 2.20. The summed E-state index contributed by atoms with van der Waals surface area (Å²) in [6.07, 6.45) is 0. The van der Waals surface area contributed by atoms with Crippen molar-refractivity contribution in [2.75, 3.05) is 12.3 Å². The lowest BCUT2D eigenvalue weighted by atomic mass is 10.2.